The third kappa shape index (κ3) is 6.07. The van der Waals surface area contributed by atoms with Crippen molar-refractivity contribution in [1.82, 2.24) is 9.47 Å². The van der Waals surface area contributed by atoms with Crippen LogP contribution in [0.4, 0.5) is 15.8 Å². The lowest BCUT2D eigenvalue weighted by atomic mass is 10.1. The number of hydrogen-bond acceptors (Lipinski definition) is 7. The highest BCUT2D eigenvalue weighted by molar-refractivity contribution is 6.02. The van der Waals surface area contributed by atoms with E-state index in [9.17, 15) is 14.7 Å². The van der Waals surface area contributed by atoms with Crippen LogP contribution in [0.15, 0.2) is 82.8 Å². The Morgan fingerprint density at radius 3 is 2.39 bits per heavy atom. The van der Waals surface area contributed by atoms with E-state index in [4.69, 9.17) is 9.84 Å². The van der Waals surface area contributed by atoms with E-state index in [1.165, 1.54) is 12.3 Å². The smallest absolute Gasteiger partial charge is 0.341 e. The number of aromatic nitrogens is 1. The van der Waals surface area contributed by atoms with Crippen LogP contribution in [0.2, 0.25) is 0 Å². The number of hydrogen-bond donors (Lipinski definition) is 2. The number of ether oxygens (including phenoxy) is 1. The fraction of sp³-hybridized carbons (Fsp3) is 0.258. The average Bonchev–Trinajstić information content (AvgIpc) is 3.00. The molecule has 0 bridgehead atoms. The molecular formula is C31H32FN5O4. The van der Waals surface area contributed by atoms with Gasteiger partial charge in [0.2, 0.25) is 5.43 Å². The number of carboxylic acids is 1. The van der Waals surface area contributed by atoms with Gasteiger partial charge in [0.25, 0.3) is 0 Å². The Morgan fingerprint density at radius 2 is 1.76 bits per heavy atom. The third-order valence-electron chi connectivity index (χ3n) is 7.32. The van der Waals surface area contributed by atoms with Crippen LogP contribution in [-0.2, 0) is 6.54 Å². The van der Waals surface area contributed by atoms with Crippen molar-refractivity contribution in [2.75, 3.05) is 50.2 Å². The summed E-state index contributed by atoms with van der Waals surface area (Å²) in [7, 11) is 1.63. The number of hydrazone groups is 1. The molecule has 0 spiro atoms. The first-order valence-corrected chi connectivity index (χ1v) is 13.5. The zero-order valence-electron chi connectivity index (χ0n) is 23.0. The number of aryl methyl sites for hydroxylation is 1. The second-order valence-corrected chi connectivity index (χ2v) is 9.81. The summed E-state index contributed by atoms with van der Waals surface area (Å²) in [4.78, 5) is 28.5. The van der Waals surface area contributed by atoms with Gasteiger partial charge in [-0.1, -0.05) is 18.2 Å². The molecule has 0 radical (unpaired) electrons. The molecule has 41 heavy (non-hydrogen) atoms. The van der Waals surface area contributed by atoms with E-state index in [1.54, 1.807) is 17.7 Å². The van der Waals surface area contributed by atoms with Gasteiger partial charge in [-0.2, -0.15) is 5.10 Å². The lowest BCUT2D eigenvalue weighted by molar-refractivity contribution is 0.0695. The van der Waals surface area contributed by atoms with Gasteiger partial charge in [-0.15, -0.1) is 0 Å². The van der Waals surface area contributed by atoms with Crippen LogP contribution in [0.5, 0.6) is 5.75 Å². The van der Waals surface area contributed by atoms with Crippen LogP contribution < -0.4 is 20.5 Å². The second kappa shape index (κ2) is 12.2. The molecule has 4 aromatic rings. The predicted molar refractivity (Wildman–Crippen MR) is 159 cm³/mol. The van der Waals surface area contributed by atoms with E-state index in [-0.39, 0.29) is 10.9 Å². The number of rotatable bonds is 9. The molecule has 1 aliphatic rings. The van der Waals surface area contributed by atoms with Crippen LogP contribution in [-0.4, -0.2) is 66.1 Å². The molecule has 10 heteroatoms. The maximum Gasteiger partial charge on any atom is 0.341 e. The van der Waals surface area contributed by atoms with Gasteiger partial charge >= 0.3 is 5.97 Å². The molecule has 5 rings (SSSR count). The Bertz CT molecular complexity index is 1630. The van der Waals surface area contributed by atoms with Crippen LogP contribution in [0.1, 0.15) is 22.8 Å². The fourth-order valence-electron chi connectivity index (χ4n) is 5.03. The molecule has 0 unspecified atom stereocenters. The van der Waals surface area contributed by atoms with E-state index in [0.29, 0.717) is 50.5 Å². The SMILES string of the molecule is CCn1cc(C(=O)O)c(=O)c2cc(F)c(N3CCN(C/C(=N/Nc4ccccc4)c4ccc(OC)cc4)CC3)cc21. The maximum atomic E-state index is 15.3. The fourth-order valence-corrected chi connectivity index (χ4v) is 5.03. The number of nitrogens with zero attached hydrogens (tertiary/aromatic N) is 4. The first kappa shape index (κ1) is 27.9. The van der Waals surface area contributed by atoms with Crippen molar-refractivity contribution < 1.29 is 19.0 Å². The van der Waals surface area contributed by atoms with E-state index in [1.807, 2.05) is 66.4 Å². The van der Waals surface area contributed by atoms with Crippen molar-refractivity contribution in [1.29, 1.82) is 0 Å². The highest BCUT2D eigenvalue weighted by Gasteiger charge is 2.23. The average molecular weight is 558 g/mol. The van der Waals surface area contributed by atoms with Crippen LogP contribution in [0.3, 0.4) is 0 Å². The molecule has 0 saturated carbocycles. The summed E-state index contributed by atoms with van der Waals surface area (Å²) in [6.07, 6.45) is 1.33. The summed E-state index contributed by atoms with van der Waals surface area (Å²) in [6.45, 7) is 5.40. The minimum Gasteiger partial charge on any atom is -0.497 e. The maximum absolute atomic E-state index is 15.3. The number of aromatic carboxylic acids is 1. The normalized spacial score (nSPS) is 14.3. The third-order valence-corrected chi connectivity index (χ3v) is 7.32. The van der Waals surface area contributed by atoms with Gasteiger partial charge < -0.3 is 19.3 Å². The van der Waals surface area contributed by atoms with Crippen molar-refractivity contribution in [2.45, 2.75) is 13.5 Å². The lowest BCUT2D eigenvalue weighted by Crippen LogP contribution is -2.48. The van der Waals surface area contributed by atoms with Gasteiger partial charge in [0, 0.05) is 50.9 Å². The van der Waals surface area contributed by atoms with E-state index in [2.05, 4.69) is 10.3 Å². The van der Waals surface area contributed by atoms with Crippen molar-refractivity contribution in [3.8, 4) is 5.75 Å². The molecule has 0 atom stereocenters. The lowest BCUT2D eigenvalue weighted by Gasteiger charge is -2.36. The number of piperazine rings is 1. The number of pyridine rings is 1. The van der Waals surface area contributed by atoms with Gasteiger partial charge in [0.05, 0.1) is 29.7 Å². The number of nitrogens with one attached hydrogen (secondary N) is 1. The number of para-hydroxylation sites is 1. The van der Waals surface area contributed by atoms with Gasteiger partial charge in [-0.05, 0) is 61.0 Å². The predicted octanol–water partition coefficient (Wildman–Crippen LogP) is 4.51. The number of fused-ring (bicyclic) bond motifs is 1. The van der Waals surface area contributed by atoms with Crippen molar-refractivity contribution >= 4 is 34.0 Å². The molecule has 1 saturated heterocycles. The number of benzene rings is 3. The summed E-state index contributed by atoms with van der Waals surface area (Å²) in [6, 6.07) is 20.3. The van der Waals surface area contributed by atoms with Crippen molar-refractivity contribution in [3.63, 3.8) is 0 Å². The molecule has 212 valence electrons. The molecule has 9 nitrogen and oxygen atoms in total. The van der Waals surface area contributed by atoms with E-state index >= 15 is 4.39 Å². The quantitative estimate of drug-likeness (QED) is 0.231. The minimum absolute atomic E-state index is 0.0675. The van der Waals surface area contributed by atoms with Gasteiger partial charge in [-0.25, -0.2) is 9.18 Å². The minimum atomic E-state index is -1.32. The second-order valence-electron chi connectivity index (χ2n) is 9.81. The highest BCUT2D eigenvalue weighted by Crippen LogP contribution is 2.26. The van der Waals surface area contributed by atoms with Crippen LogP contribution >= 0.6 is 0 Å². The molecule has 3 aromatic carbocycles. The Kier molecular flexibility index (Phi) is 8.30. The zero-order valence-corrected chi connectivity index (χ0v) is 23.0. The summed E-state index contributed by atoms with van der Waals surface area (Å²) < 4.78 is 22.3. The molecule has 1 aromatic heterocycles. The molecule has 1 aliphatic heterocycles. The number of methoxy groups -OCH3 is 1. The van der Waals surface area contributed by atoms with Gasteiger partial charge in [0.15, 0.2) is 0 Å². The Balaban J connectivity index is 1.35. The Morgan fingerprint density at radius 1 is 1.05 bits per heavy atom. The Labute approximate surface area is 237 Å². The van der Waals surface area contributed by atoms with Crippen molar-refractivity contribution in [3.05, 3.63) is 100 Å². The Hall–Kier alpha value is -4.70. The van der Waals surface area contributed by atoms with E-state index in [0.717, 1.165) is 22.7 Å². The molecule has 2 N–H and O–H groups in total. The zero-order chi connectivity index (χ0) is 28.9. The number of carbonyl (C=O) groups is 1. The summed E-state index contributed by atoms with van der Waals surface area (Å²) in [5.41, 5.74) is 5.74. The monoisotopic (exact) mass is 557 g/mol. The number of anilines is 2. The molecule has 2 heterocycles. The van der Waals surface area contributed by atoms with Gasteiger partial charge in [-0.3, -0.25) is 15.1 Å². The molecule has 0 amide bonds. The topological polar surface area (TPSA) is 99.4 Å². The molecular weight excluding hydrogens is 525 g/mol. The highest BCUT2D eigenvalue weighted by atomic mass is 19.1. The number of halogens is 1. The number of carboxylic acid groups (broad SMARTS) is 1. The van der Waals surface area contributed by atoms with Crippen LogP contribution in [0.25, 0.3) is 10.9 Å². The van der Waals surface area contributed by atoms with Crippen LogP contribution in [0, 0.1) is 5.82 Å². The first-order chi connectivity index (χ1) is 19.9. The summed E-state index contributed by atoms with van der Waals surface area (Å²) >= 11 is 0. The van der Waals surface area contributed by atoms with Crippen molar-refractivity contribution in [2.24, 2.45) is 5.10 Å². The first-order valence-electron chi connectivity index (χ1n) is 13.5. The molecule has 0 aliphatic carbocycles. The largest absolute Gasteiger partial charge is 0.497 e. The van der Waals surface area contributed by atoms with Gasteiger partial charge in [0.1, 0.15) is 17.1 Å². The summed E-state index contributed by atoms with van der Waals surface area (Å²) in [5, 5.41) is 14.2. The van der Waals surface area contributed by atoms with E-state index < -0.39 is 17.2 Å². The molecule has 1 fully saturated rings. The summed E-state index contributed by atoms with van der Waals surface area (Å²) in [5.74, 6) is -1.10. The standard InChI is InChI=1S/C31H32FN5O4/c1-3-36-19-25(31(39)40)30(38)24-17-26(32)29(18-28(24)36)37-15-13-35(14-16-37)20-27(21-9-11-23(41-2)12-10-21)34-33-22-7-5-4-6-8-22/h4-12,17-19,33H,3,13-16,20H2,1-2H3,(H,39,40)/b34-27-.